The van der Waals surface area contributed by atoms with E-state index in [2.05, 4.69) is 134 Å². The molecule has 0 radical (unpaired) electrons. The zero-order valence-electron chi connectivity index (χ0n) is 23.5. The van der Waals surface area contributed by atoms with Crippen LogP contribution in [0, 0.1) is 6.92 Å². The predicted octanol–water partition coefficient (Wildman–Crippen LogP) is 9.32. The lowest BCUT2D eigenvalue weighted by molar-refractivity contribution is 1.20. The fraction of sp³-hybridized carbons (Fsp3) is 0.132. The van der Waals surface area contributed by atoms with Gasteiger partial charge in [0, 0.05) is 17.5 Å². The van der Waals surface area contributed by atoms with Gasteiger partial charge < -0.3 is 0 Å². The minimum absolute atomic E-state index is 1.03. The van der Waals surface area contributed by atoms with Crippen LogP contribution in [-0.2, 0) is 0 Å². The summed E-state index contributed by atoms with van der Waals surface area (Å²) in [5, 5.41) is 7.55. The third-order valence-electron chi connectivity index (χ3n) is 7.33. The number of rotatable bonds is 3. The quantitative estimate of drug-likeness (QED) is 0.233. The molecule has 0 aliphatic carbocycles. The fourth-order valence-corrected chi connectivity index (χ4v) is 5.51. The molecule has 0 aliphatic heterocycles. The van der Waals surface area contributed by atoms with E-state index >= 15 is 0 Å². The van der Waals surface area contributed by atoms with E-state index < -0.39 is 0 Å². The first-order valence-corrected chi connectivity index (χ1v) is 13.9. The van der Waals surface area contributed by atoms with E-state index in [1.54, 1.807) is 0 Å². The summed E-state index contributed by atoms with van der Waals surface area (Å²) in [5.41, 5.74) is 8.39. The molecule has 0 N–H and O–H groups in total. The van der Waals surface area contributed by atoms with E-state index in [0.717, 1.165) is 11.3 Å². The van der Waals surface area contributed by atoms with Crippen molar-refractivity contribution in [1.82, 2.24) is 4.98 Å². The molecule has 1 nitrogen and oxygen atoms in total. The van der Waals surface area contributed by atoms with Gasteiger partial charge in [0.1, 0.15) is 0 Å². The third-order valence-corrected chi connectivity index (χ3v) is 7.33. The van der Waals surface area contributed by atoms with E-state index in [-0.39, 0.29) is 0 Å². The number of hydrogen-bond acceptors (Lipinski definition) is 1. The van der Waals surface area contributed by atoms with E-state index in [4.69, 9.17) is 0 Å². The van der Waals surface area contributed by atoms with Crippen LogP contribution in [0.25, 0.3) is 67.1 Å². The second-order valence-corrected chi connectivity index (χ2v) is 9.53. The summed E-state index contributed by atoms with van der Waals surface area (Å²) in [7, 11) is 0. The van der Waals surface area contributed by atoms with Crippen LogP contribution in [0.3, 0.4) is 0 Å². The van der Waals surface area contributed by atoms with Gasteiger partial charge in [-0.2, -0.15) is 0 Å². The van der Waals surface area contributed by atoms with Crippen LogP contribution in [0.2, 0.25) is 0 Å². The highest BCUT2D eigenvalue weighted by Crippen LogP contribution is 2.32. The van der Waals surface area contributed by atoms with Crippen LogP contribution >= 0.6 is 0 Å². The molecular weight excluding hydrogens is 470 g/mol. The summed E-state index contributed by atoms with van der Waals surface area (Å²) in [6.45, 7) is 10.3. The highest BCUT2D eigenvalue weighted by atomic mass is 14.7. The summed E-state index contributed by atoms with van der Waals surface area (Å²) < 4.78 is 0. The summed E-state index contributed by atoms with van der Waals surface area (Å²) in [5.74, 6) is 0. The molecule has 1 heterocycles. The molecule has 192 valence electrons. The Morgan fingerprint density at radius 2 is 1.03 bits per heavy atom. The highest BCUT2D eigenvalue weighted by Gasteiger charge is 2.14. The molecule has 0 atom stereocenters. The maximum atomic E-state index is 4.61. The van der Waals surface area contributed by atoms with Crippen molar-refractivity contribution in [2.24, 2.45) is 0 Å². The normalized spacial score (nSPS) is 12.0. The van der Waals surface area contributed by atoms with Gasteiger partial charge in [-0.25, -0.2) is 0 Å². The molecule has 6 rings (SSSR count). The van der Waals surface area contributed by atoms with Crippen LogP contribution in [-0.4, -0.2) is 4.98 Å². The van der Waals surface area contributed by atoms with Crippen molar-refractivity contribution >= 4 is 33.7 Å². The van der Waals surface area contributed by atoms with Gasteiger partial charge in [-0.15, -0.1) is 0 Å². The average Bonchev–Trinajstić information content (AvgIpc) is 3.01. The topological polar surface area (TPSA) is 12.9 Å². The van der Waals surface area contributed by atoms with Crippen molar-refractivity contribution in [2.45, 2.75) is 34.6 Å². The van der Waals surface area contributed by atoms with Crippen molar-refractivity contribution in [3.63, 3.8) is 0 Å². The first-order valence-electron chi connectivity index (χ1n) is 13.9. The standard InChI is InChI=1S/C36H29N.C2H6/c1-4-31-32(5-2)36(30-15-14-24(3)37-23-30)34-13-9-8-12-33(34)35(31)27-19-16-26(17-20-27)29-21-18-25-10-6-7-11-28(25)22-29;1-2/h4-23H,1-3H3;1-2H3/b31-4+,32-5+;. The SMILES string of the molecule is C/C=c1/c(-c2ccc(-c3ccc4ccccc4c3)cc2)c2ccccc2c(-c2ccc(C)nc2)/c1=C/C.CC. The van der Waals surface area contributed by atoms with Crippen LogP contribution < -0.4 is 10.4 Å². The molecule has 0 saturated heterocycles. The minimum Gasteiger partial charge on any atom is -0.261 e. The second-order valence-electron chi connectivity index (χ2n) is 9.53. The molecule has 1 aromatic heterocycles. The van der Waals surface area contributed by atoms with Gasteiger partial charge in [-0.1, -0.05) is 117 Å². The molecule has 39 heavy (non-hydrogen) atoms. The van der Waals surface area contributed by atoms with Crippen LogP contribution in [0.15, 0.2) is 109 Å². The van der Waals surface area contributed by atoms with E-state index in [1.165, 1.54) is 59.8 Å². The molecule has 0 fully saturated rings. The Morgan fingerprint density at radius 1 is 0.513 bits per heavy atom. The average molecular weight is 506 g/mol. The zero-order valence-corrected chi connectivity index (χ0v) is 23.5. The lowest BCUT2D eigenvalue weighted by Gasteiger charge is -2.16. The van der Waals surface area contributed by atoms with Gasteiger partial charge in [-0.05, 0) is 92.7 Å². The number of fused-ring (bicyclic) bond motifs is 2. The zero-order chi connectivity index (χ0) is 27.4. The predicted molar refractivity (Wildman–Crippen MR) is 171 cm³/mol. The molecule has 0 aliphatic rings. The molecule has 5 aromatic carbocycles. The van der Waals surface area contributed by atoms with Gasteiger partial charge >= 0.3 is 0 Å². The lowest BCUT2D eigenvalue weighted by atomic mass is 9.88. The molecule has 0 unspecified atom stereocenters. The van der Waals surface area contributed by atoms with E-state index in [9.17, 15) is 0 Å². The molecule has 0 saturated carbocycles. The first kappa shape index (κ1) is 26.1. The lowest BCUT2D eigenvalue weighted by Crippen LogP contribution is -2.29. The Kier molecular flexibility index (Phi) is 7.70. The Hall–Kier alpha value is -4.49. The second kappa shape index (κ2) is 11.5. The number of benzene rings is 5. The molecule has 6 aromatic rings. The summed E-state index contributed by atoms with van der Waals surface area (Å²) in [6.07, 6.45) is 6.49. The summed E-state index contributed by atoms with van der Waals surface area (Å²) in [4.78, 5) is 4.61. The van der Waals surface area contributed by atoms with Gasteiger partial charge in [0.25, 0.3) is 0 Å². The van der Waals surface area contributed by atoms with Crippen molar-refractivity contribution in [3.05, 3.63) is 125 Å². The maximum absolute atomic E-state index is 4.61. The van der Waals surface area contributed by atoms with E-state index in [0.29, 0.717) is 0 Å². The molecule has 0 spiro atoms. The Balaban J connectivity index is 0.00000151. The Labute approximate surface area is 231 Å². The summed E-state index contributed by atoms with van der Waals surface area (Å²) >= 11 is 0. The number of aromatic nitrogens is 1. The van der Waals surface area contributed by atoms with Gasteiger partial charge in [0.15, 0.2) is 0 Å². The monoisotopic (exact) mass is 505 g/mol. The van der Waals surface area contributed by atoms with Crippen molar-refractivity contribution in [3.8, 4) is 33.4 Å². The fourth-order valence-electron chi connectivity index (χ4n) is 5.51. The third kappa shape index (κ3) is 4.89. The van der Waals surface area contributed by atoms with Crippen molar-refractivity contribution < 1.29 is 0 Å². The van der Waals surface area contributed by atoms with Gasteiger partial charge in [0.05, 0.1) is 0 Å². The molecule has 0 amide bonds. The maximum Gasteiger partial charge on any atom is 0.0373 e. The van der Waals surface area contributed by atoms with Crippen molar-refractivity contribution in [2.75, 3.05) is 0 Å². The Morgan fingerprint density at radius 3 is 1.62 bits per heavy atom. The Bertz CT molecular complexity index is 1880. The van der Waals surface area contributed by atoms with Crippen LogP contribution in [0.4, 0.5) is 0 Å². The summed E-state index contributed by atoms with van der Waals surface area (Å²) in [6, 6.07) is 37.3. The minimum atomic E-state index is 1.03. The van der Waals surface area contributed by atoms with Crippen molar-refractivity contribution in [1.29, 1.82) is 0 Å². The van der Waals surface area contributed by atoms with Gasteiger partial charge in [-0.3, -0.25) is 4.98 Å². The van der Waals surface area contributed by atoms with E-state index in [1.807, 2.05) is 27.0 Å². The number of nitrogens with zero attached hydrogens (tertiary/aromatic N) is 1. The molecular formula is C38H35N. The molecule has 1 heteroatoms. The number of pyridine rings is 1. The number of aryl methyl sites for hydroxylation is 1. The van der Waals surface area contributed by atoms with Crippen LogP contribution in [0.1, 0.15) is 33.4 Å². The highest BCUT2D eigenvalue weighted by molar-refractivity contribution is 6.05. The largest absolute Gasteiger partial charge is 0.261 e. The van der Waals surface area contributed by atoms with Gasteiger partial charge in [0.2, 0.25) is 0 Å². The van der Waals surface area contributed by atoms with Crippen LogP contribution in [0.5, 0.6) is 0 Å². The molecule has 0 bridgehead atoms. The smallest absolute Gasteiger partial charge is 0.0373 e. The number of hydrogen-bond donors (Lipinski definition) is 0. The first-order chi connectivity index (χ1) is 19.2.